The molecule has 1 aromatic heterocycles. The van der Waals surface area contributed by atoms with Crippen molar-refractivity contribution in [3.05, 3.63) is 211 Å². The maximum Gasteiger partial charge on any atom is 0.0873 e. The summed E-state index contributed by atoms with van der Waals surface area (Å²) in [5.41, 5.74) is 20.8. The fraction of sp³-hybridized carbons (Fsp3) is 0.0364. The molecule has 0 bridgehead atoms. The van der Waals surface area contributed by atoms with Gasteiger partial charge in [-0.05, 0) is 159 Å². The average molecular weight is 723 g/mol. The lowest BCUT2D eigenvalue weighted by Gasteiger charge is -2.39. The third-order valence-electron chi connectivity index (χ3n) is 13.2. The predicted molar refractivity (Wildman–Crippen MR) is 236 cm³/mol. The van der Waals surface area contributed by atoms with Crippen LogP contribution in [0.15, 0.2) is 194 Å². The van der Waals surface area contributed by atoms with E-state index in [0.29, 0.717) is 0 Å². The van der Waals surface area contributed by atoms with Gasteiger partial charge in [0.05, 0.1) is 17.2 Å². The Bertz CT molecular complexity index is 3080. The number of hydrogen-bond acceptors (Lipinski definition) is 2. The van der Waals surface area contributed by atoms with E-state index in [4.69, 9.17) is 4.98 Å². The Morgan fingerprint density at radius 3 is 1.37 bits per heavy atom. The van der Waals surface area contributed by atoms with Crippen LogP contribution in [-0.4, -0.2) is 11.0 Å². The highest BCUT2D eigenvalue weighted by Crippen LogP contribution is 2.57. The molecule has 4 aliphatic rings. The lowest BCUT2D eigenvalue weighted by atomic mass is 9.68. The van der Waals surface area contributed by atoms with E-state index in [1.54, 1.807) is 0 Å². The highest BCUT2D eigenvalue weighted by atomic mass is 14.9. The zero-order valence-corrected chi connectivity index (χ0v) is 31.0. The van der Waals surface area contributed by atoms with Gasteiger partial charge in [0.15, 0.2) is 0 Å². The van der Waals surface area contributed by atoms with Gasteiger partial charge in [0, 0.05) is 6.20 Å². The van der Waals surface area contributed by atoms with E-state index in [-0.39, 0.29) is 6.04 Å². The monoisotopic (exact) mass is 722 g/mol. The van der Waals surface area contributed by atoms with Crippen LogP contribution >= 0.6 is 0 Å². The van der Waals surface area contributed by atoms with Gasteiger partial charge in [-0.15, -0.1) is 0 Å². The van der Waals surface area contributed by atoms with E-state index >= 15 is 0 Å². The van der Waals surface area contributed by atoms with Gasteiger partial charge in [0.25, 0.3) is 0 Å². The molecule has 2 nitrogen and oxygen atoms in total. The van der Waals surface area contributed by atoms with Gasteiger partial charge in [-0.1, -0.05) is 140 Å². The highest BCUT2D eigenvalue weighted by Gasteiger charge is 2.51. The largest absolute Gasteiger partial charge is 0.383 e. The number of dihydropyridines is 1. The van der Waals surface area contributed by atoms with Crippen molar-refractivity contribution < 1.29 is 0 Å². The van der Waals surface area contributed by atoms with Gasteiger partial charge in [0.2, 0.25) is 0 Å². The Balaban J connectivity index is 1.01. The molecule has 13 rings (SSSR count). The van der Waals surface area contributed by atoms with Crippen LogP contribution in [0.3, 0.4) is 0 Å². The second-order valence-electron chi connectivity index (χ2n) is 15.9. The number of allylic oxidation sites excluding steroid dienone is 2. The summed E-state index contributed by atoms with van der Waals surface area (Å²) in [6, 6.07) is 61.3. The van der Waals surface area contributed by atoms with Crippen molar-refractivity contribution in [3.8, 4) is 77.9 Å². The molecule has 264 valence electrons. The van der Waals surface area contributed by atoms with Crippen LogP contribution in [0.2, 0.25) is 0 Å². The minimum absolute atomic E-state index is 0.0675. The molecule has 8 aromatic carbocycles. The fourth-order valence-electron chi connectivity index (χ4n) is 10.7. The minimum atomic E-state index is -0.601. The van der Waals surface area contributed by atoms with Crippen LogP contribution in [0.1, 0.15) is 16.8 Å². The number of fused-ring (bicyclic) bond motifs is 9. The molecule has 57 heavy (non-hydrogen) atoms. The predicted octanol–water partition coefficient (Wildman–Crippen LogP) is 13.4. The number of rotatable bonds is 4. The lowest BCUT2D eigenvalue weighted by molar-refractivity contribution is 0.489. The van der Waals surface area contributed by atoms with Crippen molar-refractivity contribution in [2.75, 3.05) is 0 Å². The molecule has 2 heterocycles. The molecule has 0 amide bonds. The summed E-state index contributed by atoms with van der Waals surface area (Å²) in [5.74, 6) is 0. The first-order valence-corrected chi connectivity index (χ1v) is 19.9. The Morgan fingerprint density at radius 2 is 0.895 bits per heavy atom. The molecule has 0 radical (unpaired) electrons. The molecule has 3 aliphatic carbocycles. The summed E-state index contributed by atoms with van der Waals surface area (Å²) in [7, 11) is 0. The Kier molecular flexibility index (Phi) is 6.18. The number of benzene rings is 8. The maximum absolute atomic E-state index is 5.20. The van der Waals surface area contributed by atoms with Gasteiger partial charge >= 0.3 is 0 Å². The van der Waals surface area contributed by atoms with Crippen molar-refractivity contribution in [2.24, 2.45) is 0 Å². The van der Waals surface area contributed by atoms with Crippen molar-refractivity contribution in [2.45, 2.75) is 11.5 Å². The molecule has 2 heteroatoms. The second kappa shape index (κ2) is 11.4. The second-order valence-corrected chi connectivity index (χ2v) is 15.9. The molecule has 0 saturated heterocycles. The van der Waals surface area contributed by atoms with E-state index in [1.165, 1.54) is 111 Å². The van der Waals surface area contributed by atoms with E-state index in [2.05, 4.69) is 187 Å². The number of nitrogens with one attached hydrogen (secondary N) is 1. The number of pyridine rings is 1. The van der Waals surface area contributed by atoms with Crippen molar-refractivity contribution >= 4 is 21.5 Å². The van der Waals surface area contributed by atoms with E-state index in [1.807, 2.05) is 12.3 Å². The molecule has 1 N–H and O–H groups in total. The van der Waals surface area contributed by atoms with Crippen molar-refractivity contribution in [3.63, 3.8) is 0 Å². The van der Waals surface area contributed by atoms with Crippen molar-refractivity contribution in [1.82, 2.24) is 10.3 Å². The summed E-state index contributed by atoms with van der Waals surface area (Å²) >= 11 is 0. The highest BCUT2D eigenvalue weighted by molar-refractivity contribution is 6.17. The summed E-state index contributed by atoms with van der Waals surface area (Å²) in [6.07, 6.45) is 10.6. The van der Waals surface area contributed by atoms with Crippen LogP contribution in [0.25, 0.3) is 99.4 Å². The summed E-state index contributed by atoms with van der Waals surface area (Å²) in [4.78, 5) is 5.20. The smallest absolute Gasteiger partial charge is 0.0873 e. The zero-order valence-electron chi connectivity index (χ0n) is 31.0. The molecule has 1 unspecified atom stereocenters. The molecule has 9 aromatic rings. The topological polar surface area (TPSA) is 24.9 Å². The zero-order chi connectivity index (χ0) is 37.2. The summed E-state index contributed by atoms with van der Waals surface area (Å²) in [5, 5.41) is 9.10. The van der Waals surface area contributed by atoms with Gasteiger partial charge in [-0.3, -0.25) is 4.98 Å². The molecule has 0 spiro atoms. The van der Waals surface area contributed by atoms with E-state index < -0.39 is 5.41 Å². The first-order chi connectivity index (χ1) is 28.3. The Hall–Kier alpha value is -7.29. The standard InChI is InChI=1S/C55H34N2/c1-3-27-56-51(17-1)55(52-18-2-4-28-57-52)49-31-37(35-19-23-39-43-13-5-9-33-11-7-15-45(53(33)43)47(39)29-35)21-25-41(49)42-26-22-38(32-50(42)55)36-20-24-40-44-14-6-10-34-12-8-16-46(54(34)44)48(40)30-36/h1-32,51,56H. The Labute approximate surface area is 331 Å². The first-order valence-electron chi connectivity index (χ1n) is 19.9. The molecule has 1 aliphatic heterocycles. The van der Waals surface area contributed by atoms with Crippen LogP contribution in [0.5, 0.6) is 0 Å². The minimum Gasteiger partial charge on any atom is -0.383 e. The van der Waals surface area contributed by atoms with E-state index in [0.717, 1.165) is 5.69 Å². The molecular weight excluding hydrogens is 689 g/mol. The first kappa shape index (κ1) is 31.0. The van der Waals surface area contributed by atoms with Gasteiger partial charge in [0.1, 0.15) is 0 Å². The number of aromatic nitrogens is 1. The average Bonchev–Trinajstić information content (AvgIpc) is 3.89. The van der Waals surface area contributed by atoms with Gasteiger partial charge in [-0.25, -0.2) is 0 Å². The maximum atomic E-state index is 5.20. The quantitative estimate of drug-likeness (QED) is 0.196. The van der Waals surface area contributed by atoms with Crippen molar-refractivity contribution in [1.29, 1.82) is 0 Å². The number of nitrogens with zero attached hydrogens (tertiary/aromatic N) is 1. The Morgan fingerprint density at radius 1 is 0.404 bits per heavy atom. The van der Waals surface area contributed by atoms with Crippen LogP contribution in [-0.2, 0) is 5.41 Å². The summed E-state index contributed by atoms with van der Waals surface area (Å²) in [6.45, 7) is 0. The fourth-order valence-corrected chi connectivity index (χ4v) is 10.7. The molecular formula is C55H34N2. The number of hydrogen-bond donors (Lipinski definition) is 1. The van der Waals surface area contributed by atoms with Gasteiger partial charge < -0.3 is 5.32 Å². The molecule has 0 saturated carbocycles. The molecule has 1 atom stereocenters. The normalized spacial score (nSPS) is 15.7. The molecule has 0 fully saturated rings. The SMILES string of the molecule is C1=CNC(C2(c3ccccn3)c3cc(-c4ccc5c(c4)-c4cccc6cccc-5c46)ccc3-c3ccc(-c4ccc5c(c4)-c4cccc6cccc-5c46)cc32)C=C1. The third kappa shape index (κ3) is 4.11. The van der Waals surface area contributed by atoms with Crippen LogP contribution < -0.4 is 5.32 Å². The van der Waals surface area contributed by atoms with Crippen LogP contribution in [0, 0.1) is 0 Å². The van der Waals surface area contributed by atoms with Gasteiger partial charge in [-0.2, -0.15) is 0 Å². The third-order valence-corrected chi connectivity index (χ3v) is 13.2. The summed E-state index contributed by atoms with van der Waals surface area (Å²) < 4.78 is 0. The lowest BCUT2D eigenvalue weighted by Crippen LogP contribution is -2.47. The van der Waals surface area contributed by atoms with E-state index in [9.17, 15) is 0 Å². The van der Waals surface area contributed by atoms with Crippen LogP contribution in [0.4, 0.5) is 0 Å².